The lowest BCUT2D eigenvalue weighted by Crippen LogP contribution is -2.48. The Kier molecular flexibility index (Phi) is 17.0. The van der Waals surface area contributed by atoms with Gasteiger partial charge in [0.2, 0.25) is 0 Å². The number of nitrogens with one attached hydrogen (secondary N) is 4. The number of allylic oxidation sites excluding steroid dienone is 2. The predicted molar refractivity (Wildman–Crippen MR) is 244 cm³/mol. The molecule has 0 spiro atoms. The summed E-state index contributed by atoms with van der Waals surface area (Å²) in [5.74, 6) is 2.01. The SMILES string of the molecule is CC1=C(C)CC(CN2CCN(c3ccc(C(=O)NSc4ccc(NCC5CCOCC5)c(NO)c4)c(Oc4cnc5[nH]ccc5c4)c3)CC2)CC1.CO.Clc1ccccc1. The summed E-state index contributed by atoms with van der Waals surface area (Å²) in [6.45, 7) is 12.0. The minimum Gasteiger partial charge on any atom is -0.455 e. The fourth-order valence-electron chi connectivity index (χ4n) is 7.75. The van der Waals surface area contributed by atoms with Gasteiger partial charge in [-0.3, -0.25) is 25.1 Å². The van der Waals surface area contributed by atoms with E-state index in [1.54, 1.807) is 17.3 Å². The van der Waals surface area contributed by atoms with Gasteiger partial charge in [0, 0.05) is 92.8 Å². The van der Waals surface area contributed by atoms with Gasteiger partial charge >= 0.3 is 0 Å². The lowest BCUT2D eigenvalue weighted by Gasteiger charge is -2.38. The molecule has 1 aliphatic carbocycles. The number of halogens is 1. The Bertz CT molecular complexity index is 2160. The van der Waals surface area contributed by atoms with Gasteiger partial charge in [0.25, 0.3) is 5.91 Å². The second-order valence-electron chi connectivity index (χ2n) is 15.4. The molecule has 14 heteroatoms. The average molecular weight is 857 g/mol. The summed E-state index contributed by atoms with van der Waals surface area (Å²) >= 11 is 6.73. The minimum atomic E-state index is -0.283. The standard InChI is InChI=1S/C39H49N7O4S.C6H5Cl.CH4O/c1-26-3-4-29(19-27(26)2)25-45-13-15-46(16-14-45)31-5-7-34(37(21-31)50-32-20-30-9-12-40-38(30)42-24-32)39(47)44-51-33-6-8-35(36(22-33)43-48)41-23-28-10-17-49-18-11-28;7-6-4-2-1-3-5-6;1-2/h5-9,12,20-22,24,28-29,41,43,48H,3-4,10-11,13-19,23,25H2,1-2H3,(H,40,42)(H,44,47);1-5H;2H,1H3. The van der Waals surface area contributed by atoms with Crippen molar-refractivity contribution < 1.29 is 24.6 Å². The highest BCUT2D eigenvalue weighted by atomic mass is 35.5. The van der Waals surface area contributed by atoms with Crippen molar-refractivity contribution in [3.05, 3.63) is 113 Å². The molecule has 2 saturated heterocycles. The van der Waals surface area contributed by atoms with Crippen molar-refractivity contribution >= 4 is 57.6 Å². The van der Waals surface area contributed by atoms with Gasteiger partial charge in [-0.2, -0.15) is 0 Å². The summed E-state index contributed by atoms with van der Waals surface area (Å²) in [6, 6.07) is 24.8. The molecular formula is C46H58ClN7O5S. The molecule has 3 aliphatic rings. The van der Waals surface area contributed by atoms with Crippen LogP contribution in [0.3, 0.4) is 0 Å². The lowest BCUT2D eigenvalue weighted by molar-refractivity contribution is 0.0699. The molecule has 2 aromatic heterocycles. The minimum absolute atomic E-state index is 0.283. The van der Waals surface area contributed by atoms with Crippen molar-refractivity contribution in [1.29, 1.82) is 0 Å². The van der Waals surface area contributed by atoms with Crippen molar-refractivity contribution in [2.45, 2.75) is 50.8 Å². The topological polar surface area (TPSA) is 147 Å². The molecule has 0 bridgehead atoms. The van der Waals surface area contributed by atoms with Gasteiger partial charge < -0.3 is 29.8 Å². The monoisotopic (exact) mass is 855 g/mol. The van der Waals surface area contributed by atoms with E-state index in [1.807, 2.05) is 85.1 Å². The first-order valence-electron chi connectivity index (χ1n) is 20.7. The van der Waals surface area contributed by atoms with Gasteiger partial charge in [-0.25, -0.2) is 4.98 Å². The number of aliphatic hydroxyl groups excluding tert-OH is 1. The number of rotatable bonds is 12. The zero-order valence-corrected chi connectivity index (χ0v) is 36.3. The molecule has 2 aliphatic heterocycles. The van der Waals surface area contributed by atoms with E-state index >= 15 is 0 Å². The van der Waals surface area contributed by atoms with Crippen LogP contribution in [-0.2, 0) is 4.74 Å². The summed E-state index contributed by atoms with van der Waals surface area (Å²) in [7, 11) is 1.00. The first-order chi connectivity index (χ1) is 29.3. The maximum atomic E-state index is 13.7. The van der Waals surface area contributed by atoms with Crippen LogP contribution in [0.1, 0.15) is 56.3 Å². The molecule has 2 fully saturated rings. The molecule has 0 radical (unpaired) electrons. The number of anilines is 3. The molecule has 1 amide bonds. The van der Waals surface area contributed by atoms with Gasteiger partial charge in [-0.05, 0) is 124 Å². The molecular weight excluding hydrogens is 798 g/mol. The number of hydrogen-bond acceptors (Lipinski definition) is 11. The van der Waals surface area contributed by atoms with E-state index in [0.717, 1.165) is 111 Å². The van der Waals surface area contributed by atoms with Crippen LogP contribution in [0.4, 0.5) is 17.1 Å². The van der Waals surface area contributed by atoms with Crippen molar-refractivity contribution in [3.8, 4) is 11.5 Å². The number of carbonyl (C=O) groups is 1. The highest BCUT2D eigenvalue weighted by Gasteiger charge is 2.25. The number of amides is 1. The van der Waals surface area contributed by atoms with E-state index in [1.165, 1.54) is 31.2 Å². The van der Waals surface area contributed by atoms with Crippen LogP contribution in [0.2, 0.25) is 5.02 Å². The number of ether oxygens (including phenoxy) is 2. The summed E-state index contributed by atoms with van der Waals surface area (Å²) in [6.07, 6.45) is 9.29. The van der Waals surface area contributed by atoms with Crippen LogP contribution in [0.15, 0.2) is 107 Å². The van der Waals surface area contributed by atoms with E-state index in [-0.39, 0.29) is 5.91 Å². The van der Waals surface area contributed by atoms with Crippen LogP contribution in [0.5, 0.6) is 11.5 Å². The number of carbonyl (C=O) groups excluding carboxylic acids is 1. The fraction of sp³-hybridized carbons (Fsp3) is 0.391. The molecule has 1 atom stereocenters. The Morgan fingerprint density at radius 2 is 1.72 bits per heavy atom. The van der Waals surface area contributed by atoms with E-state index < -0.39 is 0 Å². The number of nitrogens with zero attached hydrogens (tertiary/aromatic N) is 3. The zero-order chi connectivity index (χ0) is 42.3. The Hall–Kier alpha value is -4.76. The molecule has 0 saturated carbocycles. The van der Waals surface area contributed by atoms with Crippen LogP contribution in [-0.4, -0.2) is 90.7 Å². The van der Waals surface area contributed by atoms with Gasteiger partial charge in [-0.15, -0.1) is 0 Å². The van der Waals surface area contributed by atoms with E-state index in [4.69, 9.17) is 26.2 Å². The molecule has 6 N–H and O–H groups in total. The highest BCUT2D eigenvalue weighted by Crippen LogP contribution is 2.34. The first kappa shape index (κ1) is 44.8. The van der Waals surface area contributed by atoms with Gasteiger partial charge in [0.05, 0.1) is 23.1 Å². The number of H-pyrrole nitrogens is 1. The number of pyridine rings is 1. The second-order valence-corrected chi connectivity index (χ2v) is 16.7. The Morgan fingerprint density at radius 1 is 0.933 bits per heavy atom. The molecule has 60 heavy (non-hydrogen) atoms. The van der Waals surface area contributed by atoms with Gasteiger partial charge in [0.15, 0.2) is 0 Å². The van der Waals surface area contributed by atoms with E-state index in [2.05, 4.69) is 49.1 Å². The molecule has 5 aromatic rings. The third kappa shape index (κ3) is 12.6. The Balaban J connectivity index is 0.000000602. The van der Waals surface area contributed by atoms with E-state index in [9.17, 15) is 10.0 Å². The normalized spacial score (nSPS) is 17.2. The van der Waals surface area contributed by atoms with Crippen molar-refractivity contribution in [1.82, 2.24) is 19.6 Å². The quantitative estimate of drug-likeness (QED) is 0.0405. The number of benzene rings is 3. The van der Waals surface area contributed by atoms with Crippen molar-refractivity contribution in [3.63, 3.8) is 0 Å². The number of aliphatic hydroxyl groups is 1. The first-order valence-corrected chi connectivity index (χ1v) is 21.9. The van der Waals surface area contributed by atoms with Crippen molar-refractivity contribution in [2.24, 2.45) is 11.8 Å². The van der Waals surface area contributed by atoms with Gasteiger partial charge in [-0.1, -0.05) is 40.9 Å². The highest BCUT2D eigenvalue weighted by molar-refractivity contribution is 7.98. The smallest absolute Gasteiger partial charge is 0.265 e. The lowest BCUT2D eigenvalue weighted by atomic mass is 9.85. The number of aromatic amines is 1. The third-order valence-corrected chi connectivity index (χ3v) is 12.4. The average Bonchev–Trinajstić information content (AvgIpc) is 3.76. The molecule has 12 nitrogen and oxygen atoms in total. The van der Waals surface area contributed by atoms with Crippen LogP contribution < -0.4 is 25.2 Å². The molecule has 4 heterocycles. The van der Waals surface area contributed by atoms with Crippen molar-refractivity contribution in [2.75, 3.05) is 75.3 Å². The third-order valence-electron chi connectivity index (χ3n) is 11.3. The Morgan fingerprint density at radius 3 is 2.43 bits per heavy atom. The summed E-state index contributed by atoms with van der Waals surface area (Å²) in [5, 5.41) is 22.0. The van der Waals surface area contributed by atoms with Crippen LogP contribution in [0.25, 0.3) is 11.0 Å². The summed E-state index contributed by atoms with van der Waals surface area (Å²) in [5.41, 5.74) is 9.02. The molecule has 1 unspecified atom stereocenters. The van der Waals surface area contributed by atoms with Gasteiger partial charge in [0.1, 0.15) is 17.1 Å². The summed E-state index contributed by atoms with van der Waals surface area (Å²) < 4.78 is 14.9. The molecule has 8 rings (SSSR count). The molecule has 3 aromatic carbocycles. The predicted octanol–water partition coefficient (Wildman–Crippen LogP) is 9.64. The number of aromatic nitrogens is 2. The van der Waals surface area contributed by atoms with Crippen LogP contribution >= 0.6 is 23.5 Å². The molecule has 320 valence electrons. The maximum absolute atomic E-state index is 13.7. The zero-order valence-electron chi connectivity index (χ0n) is 34.8. The summed E-state index contributed by atoms with van der Waals surface area (Å²) in [4.78, 5) is 27.1. The number of piperazine rings is 1. The number of fused-ring (bicyclic) bond motifs is 1. The fourth-order valence-corrected chi connectivity index (χ4v) is 8.53. The largest absolute Gasteiger partial charge is 0.455 e. The Labute approximate surface area is 362 Å². The van der Waals surface area contributed by atoms with Crippen LogP contribution in [0, 0.1) is 11.8 Å². The van der Waals surface area contributed by atoms with E-state index in [0.29, 0.717) is 28.7 Å². The number of hydrogen-bond donors (Lipinski definition) is 6. The maximum Gasteiger partial charge on any atom is 0.265 e. The second kappa shape index (κ2) is 22.7.